The van der Waals surface area contributed by atoms with Gasteiger partial charge in [0.05, 0.1) is 12.0 Å². The molecule has 0 bridgehead atoms. The number of H-pyrrole nitrogens is 1. The fourth-order valence-corrected chi connectivity index (χ4v) is 4.41. The largest absolute Gasteiger partial charge is 0.458 e. The van der Waals surface area contributed by atoms with E-state index in [1.165, 1.54) is 36.7 Å². The van der Waals surface area contributed by atoms with Crippen LogP contribution in [0.2, 0.25) is 0 Å². The Balaban J connectivity index is 1.44. The van der Waals surface area contributed by atoms with Crippen molar-refractivity contribution in [3.8, 4) is 11.6 Å². The minimum Gasteiger partial charge on any atom is -0.458 e. The smallest absolute Gasteiger partial charge is 0.420 e. The Morgan fingerprint density at radius 1 is 1.14 bits per heavy atom. The summed E-state index contributed by atoms with van der Waals surface area (Å²) in [5.41, 5.74) is -0.403. The second kappa shape index (κ2) is 8.25. The number of fused-ring (bicyclic) bond motifs is 2. The van der Waals surface area contributed by atoms with E-state index in [2.05, 4.69) is 25.3 Å². The monoisotopic (exact) mass is 519 g/mol. The standard InChI is InChI=1S/C22H14F5N7O3/c23-21(24)34-8-6-12(32-34)18-30-31-19(37-18)20(35)33-7-5-11-15(29-9-28-11)16(33)17-14(22(25,26)27)10-3-1-2-4-13(10)36-17/h1-4,6,8-9,16,21H,5,7H2,(H,28,29)/t16-/m0/s1. The number of alkyl halides is 5. The molecule has 4 aromatic heterocycles. The second-order valence-corrected chi connectivity index (χ2v) is 8.12. The lowest BCUT2D eigenvalue weighted by Gasteiger charge is -2.33. The highest BCUT2D eigenvalue weighted by atomic mass is 19.4. The van der Waals surface area contributed by atoms with Gasteiger partial charge in [0.1, 0.15) is 28.6 Å². The van der Waals surface area contributed by atoms with Crippen molar-refractivity contribution < 1.29 is 35.6 Å². The van der Waals surface area contributed by atoms with Gasteiger partial charge in [-0.3, -0.25) is 4.79 Å². The summed E-state index contributed by atoms with van der Waals surface area (Å²) in [4.78, 5) is 21.6. The Bertz CT molecular complexity index is 1620. The van der Waals surface area contributed by atoms with E-state index in [1.54, 1.807) is 0 Å². The van der Waals surface area contributed by atoms with Crippen molar-refractivity contribution in [2.45, 2.75) is 25.2 Å². The second-order valence-electron chi connectivity index (χ2n) is 8.12. The van der Waals surface area contributed by atoms with Gasteiger partial charge in [-0.25, -0.2) is 9.67 Å². The highest BCUT2D eigenvalue weighted by molar-refractivity contribution is 5.91. The van der Waals surface area contributed by atoms with E-state index in [-0.39, 0.29) is 41.2 Å². The molecule has 5 heterocycles. The average Bonchev–Trinajstić information content (AvgIpc) is 3.65. The predicted molar refractivity (Wildman–Crippen MR) is 113 cm³/mol. The Morgan fingerprint density at radius 3 is 2.70 bits per heavy atom. The number of furan rings is 1. The lowest BCUT2D eigenvalue weighted by atomic mass is 9.96. The molecule has 1 aromatic carbocycles. The molecule has 0 saturated carbocycles. The van der Waals surface area contributed by atoms with Crippen molar-refractivity contribution >= 4 is 16.9 Å². The predicted octanol–water partition coefficient (Wildman–Crippen LogP) is 4.60. The highest BCUT2D eigenvalue weighted by Crippen LogP contribution is 2.46. The zero-order chi connectivity index (χ0) is 25.9. The molecule has 0 aliphatic carbocycles. The third-order valence-electron chi connectivity index (χ3n) is 5.98. The molecule has 1 atom stereocenters. The van der Waals surface area contributed by atoms with E-state index in [0.29, 0.717) is 10.4 Å². The molecule has 0 radical (unpaired) electrons. The SMILES string of the molecule is O=C(c1nnc(-c2ccn(C(F)F)n2)o1)N1CCc2[nH]cnc2[C@H]1c1oc2ccccc2c1C(F)(F)F. The van der Waals surface area contributed by atoms with Gasteiger partial charge in [-0.15, -0.1) is 10.2 Å². The van der Waals surface area contributed by atoms with Gasteiger partial charge in [0, 0.05) is 30.2 Å². The number of hydrogen-bond donors (Lipinski definition) is 1. The van der Waals surface area contributed by atoms with Crippen molar-refractivity contribution in [1.82, 2.24) is 34.8 Å². The Morgan fingerprint density at radius 2 is 1.95 bits per heavy atom. The van der Waals surface area contributed by atoms with Gasteiger partial charge in [-0.1, -0.05) is 18.2 Å². The summed E-state index contributed by atoms with van der Waals surface area (Å²) in [5.74, 6) is -2.27. The van der Waals surface area contributed by atoms with Crippen molar-refractivity contribution in [2.24, 2.45) is 0 Å². The minimum absolute atomic E-state index is 0.00502. The van der Waals surface area contributed by atoms with Crippen LogP contribution in [0.3, 0.4) is 0 Å². The number of nitrogens with one attached hydrogen (secondary N) is 1. The van der Waals surface area contributed by atoms with Crippen LogP contribution in [0, 0.1) is 0 Å². The lowest BCUT2D eigenvalue weighted by molar-refractivity contribution is -0.138. The lowest BCUT2D eigenvalue weighted by Crippen LogP contribution is -2.41. The summed E-state index contributed by atoms with van der Waals surface area (Å²) in [6.45, 7) is -2.92. The van der Waals surface area contributed by atoms with Gasteiger partial charge in [0.15, 0.2) is 0 Å². The maximum Gasteiger partial charge on any atom is 0.420 e. The van der Waals surface area contributed by atoms with E-state index in [1.807, 2.05) is 0 Å². The summed E-state index contributed by atoms with van der Waals surface area (Å²) < 4.78 is 79.9. The number of nitrogens with zero attached hydrogens (tertiary/aromatic N) is 6. The Hall–Kier alpha value is -4.56. The Kier molecular flexibility index (Phi) is 5.10. The fourth-order valence-electron chi connectivity index (χ4n) is 4.41. The molecule has 5 aromatic rings. The zero-order valence-electron chi connectivity index (χ0n) is 18.4. The topological polar surface area (TPSA) is 119 Å². The number of amides is 1. The summed E-state index contributed by atoms with van der Waals surface area (Å²) in [6, 6.07) is 5.51. The molecule has 1 amide bonds. The third-order valence-corrected chi connectivity index (χ3v) is 5.98. The van der Waals surface area contributed by atoms with E-state index in [4.69, 9.17) is 8.83 Å². The van der Waals surface area contributed by atoms with E-state index >= 15 is 0 Å². The molecule has 6 rings (SSSR count). The highest BCUT2D eigenvalue weighted by Gasteiger charge is 2.46. The van der Waals surface area contributed by atoms with Crippen LogP contribution >= 0.6 is 0 Å². The van der Waals surface area contributed by atoms with Crippen LogP contribution in [0.1, 0.15) is 46.0 Å². The average molecular weight is 519 g/mol. The van der Waals surface area contributed by atoms with Crippen LogP contribution in [0.4, 0.5) is 22.0 Å². The van der Waals surface area contributed by atoms with Crippen molar-refractivity contribution in [3.05, 3.63) is 71.5 Å². The number of para-hydroxylation sites is 1. The molecular weight excluding hydrogens is 505 g/mol. The molecule has 0 spiro atoms. The van der Waals surface area contributed by atoms with Crippen LogP contribution in [-0.4, -0.2) is 47.3 Å². The summed E-state index contributed by atoms with van der Waals surface area (Å²) >= 11 is 0. The van der Waals surface area contributed by atoms with Crippen molar-refractivity contribution in [1.29, 1.82) is 0 Å². The van der Waals surface area contributed by atoms with Crippen LogP contribution in [0.25, 0.3) is 22.6 Å². The molecule has 0 unspecified atom stereocenters. The minimum atomic E-state index is -4.80. The molecule has 190 valence electrons. The normalized spacial score (nSPS) is 16.1. The van der Waals surface area contributed by atoms with E-state index < -0.39 is 41.9 Å². The van der Waals surface area contributed by atoms with E-state index in [0.717, 1.165) is 11.1 Å². The maximum atomic E-state index is 14.3. The molecule has 0 fully saturated rings. The molecule has 1 N–H and O–H groups in total. The molecule has 15 heteroatoms. The molecule has 37 heavy (non-hydrogen) atoms. The molecule has 0 saturated heterocycles. The van der Waals surface area contributed by atoms with Gasteiger partial charge >= 0.3 is 24.5 Å². The van der Waals surface area contributed by atoms with Gasteiger partial charge in [0.25, 0.3) is 5.89 Å². The Labute approximate surface area is 202 Å². The third kappa shape index (κ3) is 3.73. The van der Waals surface area contributed by atoms with E-state index in [9.17, 15) is 26.7 Å². The van der Waals surface area contributed by atoms with Crippen LogP contribution in [0.5, 0.6) is 0 Å². The number of halogens is 5. The van der Waals surface area contributed by atoms with Crippen LogP contribution in [-0.2, 0) is 12.6 Å². The number of carbonyl (C=O) groups excluding carboxylic acids is 1. The molecule has 10 nitrogen and oxygen atoms in total. The number of rotatable bonds is 4. The first kappa shape index (κ1) is 22.9. The van der Waals surface area contributed by atoms with Crippen LogP contribution < -0.4 is 0 Å². The summed E-state index contributed by atoms with van der Waals surface area (Å²) in [7, 11) is 0. The zero-order valence-corrected chi connectivity index (χ0v) is 18.4. The van der Waals surface area contributed by atoms with Crippen molar-refractivity contribution in [3.63, 3.8) is 0 Å². The van der Waals surface area contributed by atoms with Crippen LogP contribution in [0.15, 0.2) is 51.7 Å². The summed E-state index contributed by atoms with van der Waals surface area (Å²) in [6.07, 6.45) is -2.22. The fraction of sp³-hybridized carbons (Fsp3) is 0.227. The summed E-state index contributed by atoms with van der Waals surface area (Å²) in [5, 5.41) is 10.8. The number of aromatic nitrogens is 6. The maximum absolute atomic E-state index is 14.3. The van der Waals surface area contributed by atoms with Gasteiger partial charge < -0.3 is 18.7 Å². The number of aromatic amines is 1. The number of imidazole rings is 1. The molecule has 1 aliphatic rings. The first-order valence-electron chi connectivity index (χ1n) is 10.8. The molecule has 1 aliphatic heterocycles. The quantitative estimate of drug-likeness (QED) is 0.345. The number of hydrogen-bond acceptors (Lipinski definition) is 7. The first-order valence-corrected chi connectivity index (χ1v) is 10.8. The van der Waals surface area contributed by atoms with Gasteiger partial charge in [-0.05, 0) is 12.1 Å². The number of benzene rings is 1. The molecular formula is C22H14F5N7O3. The number of carbonyl (C=O) groups is 1. The first-order chi connectivity index (χ1) is 17.7. The van der Waals surface area contributed by atoms with Gasteiger partial charge in [0.2, 0.25) is 0 Å². The van der Waals surface area contributed by atoms with Crippen molar-refractivity contribution in [2.75, 3.05) is 6.54 Å². The van der Waals surface area contributed by atoms with Gasteiger partial charge in [-0.2, -0.15) is 27.1 Å².